The van der Waals surface area contributed by atoms with E-state index >= 15 is 0 Å². The van der Waals surface area contributed by atoms with Crippen molar-refractivity contribution in [1.29, 1.82) is 0 Å². The summed E-state index contributed by atoms with van der Waals surface area (Å²) in [5.41, 5.74) is -0.825. The number of halogens is 3. The number of ether oxygens (including phenoxy) is 1. The lowest BCUT2D eigenvalue weighted by Gasteiger charge is -2.13. The van der Waals surface area contributed by atoms with Gasteiger partial charge >= 0.3 is 17.9 Å². The van der Waals surface area contributed by atoms with Gasteiger partial charge in [0, 0.05) is 0 Å². The lowest BCUT2D eigenvalue weighted by atomic mass is 10.1. The zero-order valence-electron chi connectivity index (χ0n) is 14.2. The van der Waals surface area contributed by atoms with E-state index in [1.165, 1.54) is 12.1 Å². The van der Waals surface area contributed by atoms with Crippen molar-refractivity contribution in [3.05, 3.63) is 64.6 Å². The maximum Gasteiger partial charge on any atom is 0.420 e. The molecule has 146 valence electrons. The molecule has 0 saturated carbocycles. The van der Waals surface area contributed by atoms with E-state index in [0.717, 1.165) is 16.7 Å². The topological polar surface area (TPSA) is 90.5 Å². The number of fused-ring (bicyclic) bond motifs is 1. The average Bonchev–Trinajstić information content (AvgIpc) is 2.95. The number of aromatic nitrogens is 1. The molecule has 10 heteroatoms. The van der Waals surface area contributed by atoms with Crippen molar-refractivity contribution in [3.63, 3.8) is 0 Å². The number of para-hydroxylation sites is 3. The first kappa shape index (κ1) is 19.2. The fraction of sp³-hybridized carbons (Fsp3) is 0.167. The largest absolute Gasteiger partial charge is 0.454 e. The molecule has 2 aromatic carbocycles. The van der Waals surface area contributed by atoms with Gasteiger partial charge in [-0.15, -0.1) is 0 Å². The highest BCUT2D eigenvalue weighted by molar-refractivity contribution is 5.93. The number of anilines is 1. The molecular weight excluding hydrogens is 381 g/mol. The first-order chi connectivity index (χ1) is 13.3. The number of esters is 1. The summed E-state index contributed by atoms with van der Waals surface area (Å²) in [5.74, 6) is -2.65. The molecule has 0 atom stereocenters. The molecular formula is C18H13F3N2O5. The van der Waals surface area contributed by atoms with Crippen LogP contribution in [-0.2, 0) is 27.0 Å². The van der Waals surface area contributed by atoms with E-state index in [2.05, 4.69) is 0 Å². The summed E-state index contributed by atoms with van der Waals surface area (Å²) in [6.07, 6.45) is -4.65. The molecule has 7 nitrogen and oxygen atoms in total. The van der Waals surface area contributed by atoms with Gasteiger partial charge in [-0.25, -0.2) is 4.79 Å². The number of hydrogen-bond acceptors (Lipinski definition) is 5. The highest BCUT2D eigenvalue weighted by atomic mass is 19.4. The molecule has 1 heterocycles. The number of carbonyl (C=O) groups is 2. The van der Waals surface area contributed by atoms with Crippen LogP contribution in [0.25, 0.3) is 11.1 Å². The van der Waals surface area contributed by atoms with Crippen molar-refractivity contribution in [2.45, 2.75) is 12.7 Å². The molecule has 1 aromatic heterocycles. The summed E-state index contributed by atoms with van der Waals surface area (Å²) in [4.78, 5) is 35.5. The van der Waals surface area contributed by atoms with Crippen LogP contribution in [-0.4, -0.2) is 23.1 Å². The van der Waals surface area contributed by atoms with Gasteiger partial charge in [0.1, 0.15) is 6.54 Å². The predicted octanol–water partition coefficient (Wildman–Crippen LogP) is 2.80. The molecule has 0 radical (unpaired) electrons. The van der Waals surface area contributed by atoms with E-state index in [-0.39, 0.29) is 5.58 Å². The number of rotatable bonds is 5. The molecule has 3 aromatic rings. The number of alkyl halides is 3. The van der Waals surface area contributed by atoms with Crippen molar-refractivity contribution in [2.24, 2.45) is 0 Å². The van der Waals surface area contributed by atoms with Crippen LogP contribution in [0.1, 0.15) is 5.56 Å². The number of benzene rings is 2. The Morgan fingerprint density at radius 1 is 1.07 bits per heavy atom. The Labute approximate surface area is 155 Å². The molecule has 0 aliphatic rings. The highest BCUT2D eigenvalue weighted by Gasteiger charge is 2.33. The zero-order chi connectivity index (χ0) is 20.3. The van der Waals surface area contributed by atoms with Crippen molar-refractivity contribution in [1.82, 2.24) is 4.57 Å². The molecule has 0 unspecified atom stereocenters. The second-order valence-corrected chi connectivity index (χ2v) is 5.67. The van der Waals surface area contributed by atoms with E-state index in [4.69, 9.17) is 9.15 Å². The van der Waals surface area contributed by atoms with E-state index in [9.17, 15) is 27.6 Å². The molecule has 1 N–H and O–H groups in total. The first-order valence-electron chi connectivity index (χ1n) is 7.96. The summed E-state index contributed by atoms with van der Waals surface area (Å²) >= 11 is 0. The van der Waals surface area contributed by atoms with Gasteiger partial charge in [0.15, 0.2) is 12.2 Å². The van der Waals surface area contributed by atoms with Crippen LogP contribution in [0.5, 0.6) is 0 Å². The molecule has 0 aliphatic heterocycles. The van der Waals surface area contributed by atoms with Crippen LogP contribution in [0.4, 0.5) is 18.9 Å². The minimum absolute atomic E-state index is 0.279. The van der Waals surface area contributed by atoms with Gasteiger partial charge in [0.25, 0.3) is 5.91 Å². The van der Waals surface area contributed by atoms with Gasteiger partial charge in [-0.2, -0.15) is 13.2 Å². The van der Waals surface area contributed by atoms with E-state index in [1.807, 2.05) is 5.32 Å². The monoisotopic (exact) mass is 394 g/mol. The Morgan fingerprint density at radius 2 is 1.75 bits per heavy atom. The van der Waals surface area contributed by atoms with Crippen LogP contribution < -0.4 is 11.1 Å². The Kier molecular flexibility index (Phi) is 5.21. The molecule has 1 amide bonds. The third-order valence-electron chi connectivity index (χ3n) is 3.73. The lowest BCUT2D eigenvalue weighted by molar-refractivity contribution is -0.148. The van der Waals surface area contributed by atoms with Crippen LogP contribution in [0.3, 0.4) is 0 Å². The van der Waals surface area contributed by atoms with Crippen LogP contribution in [0.2, 0.25) is 0 Å². The van der Waals surface area contributed by atoms with Crippen molar-refractivity contribution in [2.75, 3.05) is 11.9 Å². The summed E-state index contributed by atoms with van der Waals surface area (Å²) < 4.78 is 49.5. The third kappa shape index (κ3) is 4.22. The van der Waals surface area contributed by atoms with Gasteiger partial charge in [-0.1, -0.05) is 24.3 Å². The van der Waals surface area contributed by atoms with Gasteiger partial charge in [-0.05, 0) is 24.3 Å². The third-order valence-corrected chi connectivity index (χ3v) is 3.73. The first-order valence-corrected chi connectivity index (χ1v) is 7.96. The normalized spacial score (nSPS) is 11.4. The maximum atomic E-state index is 12.9. The molecule has 0 aliphatic carbocycles. The molecule has 0 bridgehead atoms. The standard InChI is InChI=1S/C18H13F3N2O5/c19-18(20,21)11-5-1-2-6-12(11)22-15(24)10-27-16(25)9-23-13-7-3-4-8-14(13)28-17(23)26/h1-8H,9-10H2,(H,22,24). The van der Waals surface area contributed by atoms with E-state index in [0.29, 0.717) is 5.52 Å². The minimum atomic E-state index is -4.65. The second-order valence-electron chi connectivity index (χ2n) is 5.67. The number of hydrogen-bond donors (Lipinski definition) is 1. The number of amides is 1. The van der Waals surface area contributed by atoms with Crippen molar-refractivity contribution < 1.29 is 31.9 Å². The van der Waals surface area contributed by atoms with E-state index in [1.54, 1.807) is 24.3 Å². The Hall–Kier alpha value is -3.56. The fourth-order valence-corrected chi connectivity index (χ4v) is 2.51. The Balaban J connectivity index is 1.62. The van der Waals surface area contributed by atoms with Crippen molar-refractivity contribution in [3.8, 4) is 0 Å². The second kappa shape index (κ2) is 7.59. The van der Waals surface area contributed by atoms with Gasteiger partial charge in [-0.3, -0.25) is 14.2 Å². The van der Waals surface area contributed by atoms with Gasteiger partial charge in [0.2, 0.25) is 0 Å². The summed E-state index contributed by atoms with van der Waals surface area (Å²) in [7, 11) is 0. The smallest absolute Gasteiger partial charge is 0.420 e. The summed E-state index contributed by atoms with van der Waals surface area (Å²) in [6, 6.07) is 10.8. The molecule has 0 fully saturated rings. The predicted molar refractivity (Wildman–Crippen MR) is 91.5 cm³/mol. The Bertz CT molecular complexity index is 1080. The average molecular weight is 394 g/mol. The molecule has 28 heavy (non-hydrogen) atoms. The van der Waals surface area contributed by atoms with Gasteiger partial charge < -0.3 is 14.5 Å². The quantitative estimate of drug-likeness (QED) is 0.672. The summed E-state index contributed by atoms with van der Waals surface area (Å²) in [6.45, 7) is -1.32. The van der Waals surface area contributed by atoms with E-state index < -0.39 is 48.2 Å². The molecule has 0 saturated heterocycles. The highest BCUT2D eigenvalue weighted by Crippen LogP contribution is 2.34. The number of oxazole rings is 1. The molecule has 0 spiro atoms. The number of nitrogens with one attached hydrogen (secondary N) is 1. The summed E-state index contributed by atoms with van der Waals surface area (Å²) in [5, 5.41) is 2.05. The molecule has 3 rings (SSSR count). The van der Waals surface area contributed by atoms with Crippen molar-refractivity contribution >= 4 is 28.7 Å². The SMILES string of the molecule is O=C(COC(=O)Cn1c(=O)oc2ccccc21)Nc1ccccc1C(F)(F)F. The lowest BCUT2D eigenvalue weighted by Crippen LogP contribution is -2.26. The van der Waals surface area contributed by atoms with Crippen LogP contribution in [0, 0.1) is 0 Å². The Morgan fingerprint density at radius 3 is 2.50 bits per heavy atom. The number of carbonyl (C=O) groups excluding carboxylic acids is 2. The minimum Gasteiger partial charge on any atom is -0.454 e. The maximum absolute atomic E-state index is 12.9. The fourth-order valence-electron chi connectivity index (χ4n) is 2.51. The van der Waals surface area contributed by atoms with Gasteiger partial charge in [0.05, 0.1) is 16.8 Å². The zero-order valence-corrected chi connectivity index (χ0v) is 14.2. The van der Waals surface area contributed by atoms with Crippen LogP contribution >= 0.6 is 0 Å². The van der Waals surface area contributed by atoms with Crippen LogP contribution in [0.15, 0.2) is 57.7 Å². The number of nitrogens with zero attached hydrogens (tertiary/aromatic N) is 1.